The van der Waals surface area contributed by atoms with Crippen LogP contribution in [0.5, 0.6) is 0 Å². The third-order valence-corrected chi connectivity index (χ3v) is 6.26. The minimum Gasteiger partial charge on any atom is -0.371 e. The zero-order valence-electron chi connectivity index (χ0n) is 14.9. The summed E-state index contributed by atoms with van der Waals surface area (Å²) in [4.78, 5) is 21.4. The van der Waals surface area contributed by atoms with Crippen molar-refractivity contribution in [2.24, 2.45) is 5.41 Å². The fourth-order valence-corrected chi connectivity index (χ4v) is 5.01. The molecule has 1 N–H and O–H groups in total. The van der Waals surface area contributed by atoms with Crippen molar-refractivity contribution in [3.05, 3.63) is 41.2 Å². The number of carbonyl (C=O) groups excluding carboxylic acids is 1. The minimum atomic E-state index is -0.183. The largest absolute Gasteiger partial charge is 0.371 e. The van der Waals surface area contributed by atoms with Gasteiger partial charge in [-0.2, -0.15) is 0 Å². The average molecular weight is 374 g/mol. The van der Waals surface area contributed by atoms with E-state index in [0.29, 0.717) is 10.5 Å². The first-order valence-electron chi connectivity index (χ1n) is 8.97. The van der Waals surface area contributed by atoms with Crippen molar-refractivity contribution in [1.82, 2.24) is 9.88 Å². The third kappa shape index (κ3) is 3.73. The van der Waals surface area contributed by atoms with Crippen LogP contribution in [0.3, 0.4) is 0 Å². The van der Waals surface area contributed by atoms with E-state index in [1.165, 1.54) is 36.8 Å². The number of benzene rings is 1. The van der Waals surface area contributed by atoms with Crippen molar-refractivity contribution in [1.29, 1.82) is 0 Å². The first-order chi connectivity index (χ1) is 12.5. The molecule has 4 rings (SSSR count). The Morgan fingerprint density at radius 3 is 2.81 bits per heavy atom. The lowest BCUT2D eigenvalue weighted by Gasteiger charge is -2.25. The van der Waals surface area contributed by atoms with Crippen LogP contribution in [0.15, 0.2) is 30.5 Å². The summed E-state index contributed by atoms with van der Waals surface area (Å²) in [6, 6.07) is 6.83. The number of halogens is 1. The van der Waals surface area contributed by atoms with Gasteiger partial charge in [-0.25, -0.2) is 9.37 Å². The standard InChI is InChI=1S/C19H23FN4OS/c1-14(25)22-18-21-10-17(26-18)11-23-8-6-19(12-23)7-9-24(13-19)16-4-2-15(20)3-5-16/h2-5,10H,6-9,11-13H2,1H3,(H,21,22,25). The average Bonchev–Trinajstić information content (AvgIpc) is 3.31. The van der Waals surface area contributed by atoms with Gasteiger partial charge in [0.15, 0.2) is 5.13 Å². The molecule has 1 unspecified atom stereocenters. The fraction of sp³-hybridized carbons (Fsp3) is 0.474. The first-order valence-corrected chi connectivity index (χ1v) is 9.78. The molecule has 1 atom stereocenters. The topological polar surface area (TPSA) is 48.5 Å². The van der Waals surface area contributed by atoms with Crippen LogP contribution in [0.2, 0.25) is 0 Å². The Balaban J connectivity index is 1.35. The maximum atomic E-state index is 13.1. The Kier molecular flexibility index (Phi) is 4.67. The van der Waals surface area contributed by atoms with Gasteiger partial charge in [-0.15, -0.1) is 11.3 Å². The second-order valence-electron chi connectivity index (χ2n) is 7.42. The molecule has 2 aliphatic heterocycles. The van der Waals surface area contributed by atoms with E-state index < -0.39 is 0 Å². The highest BCUT2D eigenvalue weighted by molar-refractivity contribution is 7.15. The number of nitrogens with zero attached hydrogens (tertiary/aromatic N) is 3. The summed E-state index contributed by atoms with van der Waals surface area (Å²) < 4.78 is 13.1. The highest BCUT2D eigenvalue weighted by Gasteiger charge is 2.43. The summed E-state index contributed by atoms with van der Waals surface area (Å²) in [6.07, 6.45) is 4.24. The first kappa shape index (κ1) is 17.4. The number of aromatic nitrogens is 1. The molecule has 138 valence electrons. The van der Waals surface area contributed by atoms with Gasteiger partial charge < -0.3 is 10.2 Å². The van der Waals surface area contributed by atoms with Crippen molar-refractivity contribution in [3.63, 3.8) is 0 Å². The predicted molar refractivity (Wildman–Crippen MR) is 102 cm³/mol. The summed E-state index contributed by atoms with van der Waals surface area (Å²) in [7, 11) is 0. The van der Waals surface area contributed by atoms with E-state index in [0.717, 1.165) is 38.4 Å². The van der Waals surface area contributed by atoms with Gasteiger partial charge in [0, 0.05) is 55.3 Å². The summed E-state index contributed by atoms with van der Waals surface area (Å²) in [5.74, 6) is -0.268. The van der Waals surface area contributed by atoms with Gasteiger partial charge in [-0.3, -0.25) is 9.69 Å². The maximum Gasteiger partial charge on any atom is 0.223 e. The van der Waals surface area contributed by atoms with Crippen molar-refractivity contribution in [2.45, 2.75) is 26.3 Å². The monoisotopic (exact) mass is 374 g/mol. The Morgan fingerprint density at radius 2 is 2.04 bits per heavy atom. The van der Waals surface area contributed by atoms with Crippen LogP contribution in [-0.4, -0.2) is 42.0 Å². The Labute approximate surface area is 156 Å². The highest BCUT2D eigenvalue weighted by Crippen LogP contribution is 2.41. The van der Waals surface area contributed by atoms with Gasteiger partial charge in [0.25, 0.3) is 0 Å². The van der Waals surface area contributed by atoms with Crippen LogP contribution in [0.25, 0.3) is 0 Å². The molecule has 2 fully saturated rings. The van der Waals surface area contributed by atoms with E-state index >= 15 is 0 Å². The number of thiazole rings is 1. The molecule has 7 heteroatoms. The number of carbonyl (C=O) groups is 1. The number of rotatable bonds is 4. The molecule has 3 heterocycles. The van der Waals surface area contributed by atoms with Crippen molar-refractivity contribution in [2.75, 3.05) is 36.4 Å². The summed E-state index contributed by atoms with van der Waals surface area (Å²) >= 11 is 1.55. The molecule has 1 aromatic carbocycles. The van der Waals surface area contributed by atoms with Gasteiger partial charge in [0.1, 0.15) is 5.82 Å². The van der Waals surface area contributed by atoms with Crippen LogP contribution < -0.4 is 10.2 Å². The van der Waals surface area contributed by atoms with E-state index in [2.05, 4.69) is 20.1 Å². The second kappa shape index (κ2) is 6.96. The summed E-state index contributed by atoms with van der Waals surface area (Å²) in [6.45, 7) is 6.62. The molecule has 1 spiro atoms. The third-order valence-electron chi connectivity index (χ3n) is 5.36. The normalized spacial score (nSPS) is 23.1. The summed E-state index contributed by atoms with van der Waals surface area (Å²) in [5, 5.41) is 3.41. The van der Waals surface area contributed by atoms with Crippen molar-refractivity contribution >= 4 is 28.1 Å². The highest BCUT2D eigenvalue weighted by atomic mass is 32.1. The van der Waals surface area contributed by atoms with Gasteiger partial charge in [0.2, 0.25) is 5.91 Å². The van der Waals surface area contributed by atoms with E-state index in [-0.39, 0.29) is 11.7 Å². The number of anilines is 2. The molecule has 0 aliphatic carbocycles. The van der Waals surface area contributed by atoms with Crippen LogP contribution in [0.1, 0.15) is 24.6 Å². The van der Waals surface area contributed by atoms with Crippen LogP contribution in [0.4, 0.5) is 15.2 Å². The minimum absolute atomic E-state index is 0.0853. The van der Waals surface area contributed by atoms with Crippen molar-refractivity contribution in [3.8, 4) is 0 Å². The molecule has 1 amide bonds. The molecule has 0 radical (unpaired) electrons. The molecule has 2 aromatic rings. The zero-order valence-corrected chi connectivity index (χ0v) is 15.7. The zero-order chi connectivity index (χ0) is 18.1. The van der Waals surface area contributed by atoms with E-state index in [1.807, 2.05) is 18.3 Å². The molecular weight excluding hydrogens is 351 g/mol. The van der Waals surface area contributed by atoms with Crippen LogP contribution in [-0.2, 0) is 11.3 Å². The van der Waals surface area contributed by atoms with Crippen molar-refractivity contribution < 1.29 is 9.18 Å². The molecule has 2 aliphatic rings. The predicted octanol–water partition coefficient (Wildman–Crippen LogP) is 3.34. The van der Waals surface area contributed by atoms with E-state index in [1.54, 1.807) is 11.3 Å². The van der Waals surface area contributed by atoms with E-state index in [9.17, 15) is 9.18 Å². The maximum absolute atomic E-state index is 13.1. The molecule has 2 saturated heterocycles. The van der Waals surface area contributed by atoms with Gasteiger partial charge in [-0.1, -0.05) is 0 Å². The molecule has 5 nitrogen and oxygen atoms in total. The quantitative estimate of drug-likeness (QED) is 0.892. The molecular formula is C19H23FN4OS. The second-order valence-corrected chi connectivity index (χ2v) is 8.54. The SMILES string of the molecule is CC(=O)Nc1ncc(CN2CCC3(CCN(c4ccc(F)cc4)C3)C2)s1. The van der Waals surface area contributed by atoms with E-state index in [4.69, 9.17) is 0 Å². The number of hydrogen-bond acceptors (Lipinski definition) is 5. The van der Waals surface area contributed by atoms with Gasteiger partial charge in [0.05, 0.1) is 0 Å². The van der Waals surface area contributed by atoms with Crippen LogP contribution >= 0.6 is 11.3 Å². The van der Waals surface area contributed by atoms with Gasteiger partial charge >= 0.3 is 0 Å². The Hall–Kier alpha value is -1.99. The Bertz CT molecular complexity index is 793. The lowest BCUT2D eigenvalue weighted by atomic mass is 9.86. The fourth-order valence-electron chi connectivity index (χ4n) is 4.11. The molecule has 0 saturated carbocycles. The smallest absolute Gasteiger partial charge is 0.223 e. The Morgan fingerprint density at radius 1 is 1.27 bits per heavy atom. The van der Waals surface area contributed by atoms with Crippen LogP contribution in [0, 0.1) is 11.2 Å². The number of nitrogens with one attached hydrogen (secondary N) is 1. The van der Waals surface area contributed by atoms with Gasteiger partial charge in [-0.05, 0) is 43.7 Å². The molecule has 1 aromatic heterocycles. The lowest BCUT2D eigenvalue weighted by molar-refractivity contribution is -0.114. The molecule has 26 heavy (non-hydrogen) atoms. The number of amides is 1. The number of likely N-dealkylation sites (tertiary alicyclic amines) is 1. The number of hydrogen-bond donors (Lipinski definition) is 1. The molecule has 0 bridgehead atoms. The lowest BCUT2D eigenvalue weighted by Crippen LogP contribution is -2.30. The summed E-state index contributed by atoms with van der Waals surface area (Å²) in [5.41, 5.74) is 1.45.